The zero-order chi connectivity index (χ0) is 23.2. The predicted molar refractivity (Wildman–Crippen MR) is 106 cm³/mol. The van der Waals surface area contributed by atoms with E-state index in [1.165, 1.54) is 6.92 Å². The van der Waals surface area contributed by atoms with Gasteiger partial charge < -0.3 is 5.32 Å². The number of rotatable bonds is 5. The molecule has 1 fully saturated rings. The largest absolute Gasteiger partial charge is 0.344 e. The topological polar surface area (TPSA) is 159 Å². The molecule has 0 aromatic heterocycles. The molecule has 1 unspecified atom stereocenters. The Labute approximate surface area is 179 Å². The van der Waals surface area contributed by atoms with Crippen molar-refractivity contribution in [3.8, 4) is 0 Å². The molecule has 1 atom stereocenters. The molecule has 12 nitrogen and oxygen atoms in total. The summed E-state index contributed by atoms with van der Waals surface area (Å²) in [6.45, 7) is 0.686. The summed E-state index contributed by atoms with van der Waals surface area (Å²) in [5.41, 5.74) is 0.520. The van der Waals surface area contributed by atoms with E-state index in [4.69, 9.17) is 0 Å². The number of hydrogen-bond donors (Lipinski definition) is 2. The maximum atomic E-state index is 12.8. The van der Waals surface area contributed by atoms with E-state index in [0.717, 1.165) is 18.2 Å². The zero-order valence-electron chi connectivity index (χ0n) is 16.5. The van der Waals surface area contributed by atoms with Crippen molar-refractivity contribution in [2.24, 2.45) is 0 Å². The van der Waals surface area contributed by atoms with E-state index in [1.807, 2.05) is 0 Å². The molecular formula is C20H15N5O7. The minimum Gasteiger partial charge on any atom is -0.318 e. The SMILES string of the molecule is CC1(c2ccccc2)NC(=O)N(NC(=O)CN2C(=O)c3ccc([N+](=O)[O-])cc3C2=O)C1=O. The minimum absolute atomic E-state index is 0.0833. The Morgan fingerprint density at radius 3 is 2.38 bits per heavy atom. The predicted octanol–water partition coefficient (Wildman–Crippen LogP) is 0.689. The van der Waals surface area contributed by atoms with Crippen LogP contribution in [0, 0.1) is 10.1 Å². The standard InChI is InChI=1S/C20H15N5O7/c1-20(11-5-3-2-4-6-11)18(29)24(19(30)21-20)22-15(26)10-23-16(27)13-8-7-12(25(31)32)9-14(13)17(23)28/h2-9H,10H2,1H3,(H,21,30)(H,22,26). The van der Waals surface area contributed by atoms with Crippen LogP contribution in [0.1, 0.15) is 33.2 Å². The number of nitro groups is 1. The third kappa shape index (κ3) is 3.14. The van der Waals surface area contributed by atoms with Crippen molar-refractivity contribution in [2.45, 2.75) is 12.5 Å². The van der Waals surface area contributed by atoms with Crippen LogP contribution >= 0.6 is 0 Å². The molecule has 162 valence electrons. The number of hydrazine groups is 1. The van der Waals surface area contributed by atoms with Crippen LogP contribution in [0.2, 0.25) is 0 Å². The van der Waals surface area contributed by atoms with Crippen molar-refractivity contribution >= 4 is 35.3 Å². The third-order valence-electron chi connectivity index (χ3n) is 5.25. The monoisotopic (exact) mass is 437 g/mol. The Morgan fingerprint density at radius 1 is 1.06 bits per heavy atom. The number of fused-ring (bicyclic) bond motifs is 1. The summed E-state index contributed by atoms with van der Waals surface area (Å²) in [6.07, 6.45) is 0. The number of carbonyl (C=O) groups is 5. The highest BCUT2D eigenvalue weighted by Gasteiger charge is 2.50. The van der Waals surface area contributed by atoms with Gasteiger partial charge in [0.25, 0.3) is 29.3 Å². The molecule has 2 aromatic carbocycles. The zero-order valence-corrected chi connectivity index (χ0v) is 16.5. The third-order valence-corrected chi connectivity index (χ3v) is 5.25. The van der Waals surface area contributed by atoms with E-state index < -0.39 is 46.7 Å². The van der Waals surface area contributed by atoms with E-state index in [0.29, 0.717) is 15.5 Å². The normalized spacial score (nSPS) is 19.8. The Hall–Kier alpha value is -4.61. The number of non-ortho nitro benzene ring substituents is 1. The second-order valence-corrected chi connectivity index (χ2v) is 7.28. The summed E-state index contributed by atoms with van der Waals surface area (Å²) in [5, 5.41) is 13.9. The van der Waals surface area contributed by atoms with E-state index in [-0.39, 0.29) is 16.8 Å². The van der Waals surface area contributed by atoms with Gasteiger partial charge in [0.05, 0.1) is 16.1 Å². The molecule has 2 aliphatic rings. The molecule has 2 aliphatic heterocycles. The lowest BCUT2D eigenvalue weighted by Crippen LogP contribution is -2.51. The lowest BCUT2D eigenvalue weighted by molar-refractivity contribution is -0.384. The van der Waals surface area contributed by atoms with Crippen LogP contribution in [0.4, 0.5) is 10.5 Å². The molecule has 6 amide bonds. The number of imide groups is 2. The molecule has 0 bridgehead atoms. The highest BCUT2D eigenvalue weighted by atomic mass is 16.6. The maximum absolute atomic E-state index is 12.8. The van der Waals surface area contributed by atoms with Crippen LogP contribution in [0.3, 0.4) is 0 Å². The molecule has 4 rings (SSSR count). The molecule has 0 radical (unpaired) electrons. The highest BCUT2D eigenvalue weighted by molar-refractivity contribution is 6.22. The number of benzene rings is 2. The minimum atomic E-state index is -1.42. The van der Waals surface area contributed by atoms with Gasteiger partial charge in [-0.05, 0) is 18.6 Å². The fourth-order valence-corrected chi connectivity index (χ4v) is 3.55. The number of nitrogens with zero attached hydrogens (tertiary/aromatic N) is 3. The Kier molecular flexibility index (Phi) is 4.69. The Bertz CT molecular complexity index is 1210. The second kappa shape index (κ2) is 7.27. The number of carbonyl (C=O) groups excluding carboxylic acids is 5. The van der Waals surface area contributed by atoms with Gasteiger partial charge in [0.15, 0.2) is 0 Å². The van der Waals surface area contributed by atoms with Gasteiger partial charge in [-0.25, -0.2) is 4.79 Å². The molecule has 2 aromatic rings. The Balaban J connectivity index is 1.49. The molecule has 1 saturated heterocycles. The molecule has 32 heavy (non-hydrogen) atoms. The average molecular weight is 437 g/mol. The molecule has 0 saturated carbocycles. The number of nitro benzene ring substituents is 1. The first-order valence-electron chi connectivity index (χ1n) is 9.30. The maximum Gasteiger partial charge on any atom is 0.344 e. The van der Waals surface area contributed by atoms with Gasteiger partial charge in [0.2, 0.25) is 0 Å². The van der Waals surface area contributed by atoms with Gasteiger partial charge in [-0.15, -0.1) is 0 Å². The fraction of sp³-hybridized carbons (Fsp3) is 0.150. The molecule has 0 spiro atoms. The van der Waals surface area contributed by atoms with Gasteiger partial charge in [0.1, 0.15) is 12.1 Å². The first-order chi connectivity index (χ1) is 15.1. The molecule has 12 heteroatoms. The van der Waals surface area contributed by atoms with Crippen LogP contribution in [0.25, 0.3) is 0 Å². The quantitative estimate of drug-likeness (QED) is 0.301. The van der Waals surface area contributed by atoms with Crippen molar-refractivity contribution < 1.29 is 28.9 Å². The number of amides is 6. The van der Waals surface area contributed by atoms with Gasteiger partial charge in [0, 0.05) is 12.1 Å². The van der Waals surface area contributed by atoms with Crippen molar-refractivity contribution in [2.75, 3.05) is 6.54 Å². The van der Waals surface area contributed by atoms with E-state index >= 15 is 0 Å². The van der Waals surface area contributed by atoms with Crippen LogP contribution in [-0.2, 0) is 15.1 Å². The van der Waals surface area contributed by atoms with Crippen molar-refractivity contribution in [1.82, 2.24) is 20.7 Å². The summed E-state index contributed by atoms with van der Waals surface area (Å²) in [7, 11) is 0. The van der Waals surface area contributed by atoms with E-state index in [1.54, 1.807) is 30.3 Å². The number of nitrogens with one attached hydrogen (secondary N) is 2. The molecule has 0 aliphatic carbocycles. The van der Waals surface area contributed by atoms with Gasteiger partial charge in [-0.1, -0.05) is 30.3 Å². The van der Waals surface area contributed by atoms with Crippen molar-refractivity contribution in [3.05, 3.63) is 75.3 Å². The first-order valence-corrected chi connectivity index (χ1v) is 9.30. The van der Waals surface area contributed by atoms with Gasteiger partial charge >= 0.3 is 6.03 Å². The Morgan fingerprint density at radius 2 is 1.72 bits per heavy atom. The second-order valence-electron chi connectivity index (χ2n) is 7.28. The van der Waals surface area contributed by atoms with Crippen LogP contribution in [0.5, 0.6) is 0 Å². The summed E-state index contributed by atoms with van der Waals surface area (Å²) in [5.74, 6) is -3.44. The summed E-state index contributed by atoms with van der Waals surface area (Å²) in [6, 6.07) is 10.7. The molecule has 2 heterocycles. The smallest absolute Gasteiger partial charge is 0.318 e. The summed E-state index contributed by atoms with van der Waals surface area (Å²) >= 11 is 0. The number of urea groups is 1. The summed E-state index contributed by atoms with van der Waals surface area (Å²) in [4.78, 5) is 73.4. The molecule has 2 N–H and O–H groups in total. The van der Waals surface area contributed by atoms with Crippen molar-refractivity contribution in [3.63, 3.8) is 0 Å². The summed E-state index contributed by atoms with van der Waals surface area (Å²) < 4.78 is 0. The van der Waals surface area contributed by atoms with Crippen LogP contribution in [0.15, 0.2) is 48.5 Å². The van der Waals surface area contributed by atoms with Gasteiger partial charge in [-0.2, -0.15) is 5.01 Å². The van der Waals surface area contributed by atoms with Crippen molar-refractivity contribution in [1.29, 1.82) is 0 Å². The number of hydrogen-bond acceptors (Lipinski definition) is 7. The highest BCUT2D eigenvalue weighted by Crippen LogP contribution is 2.28. The first kappa shape index (κ1) is 20.7. The lowest BCUT2D eigenvalue weighted by Gasteiger charge is -2.22. The van der Waals surface area contributed by atoms with Crippen LogP contribution < -0.4 is 10.7 Å². The average Bonchev–Trinajstić information content (AvgIpc) is 3.14. The lowest BCUT2D eigenvalue weighted by atomic mass is 9.92. The molecular weight excluding hydrogens is 422 g/mol. The van der Waals surface area contributed by atoms with Gasteiger partial charge in [-0.3, -0.25) is 39.6 Å². The van der Waals surface area contributed by atoms with E-state index in [9.17, 15) is 34.1 Å². The van der Waals surface area contributed by atoms with E-state index in [2.05, 4.69) is 10.7 Å². The van der Waals surface area contributed by atoms with Crippen LogP contribution in [-0.4, -0.2) is 51.0 Å². The fourth-order valence-electron chi connectivity index (χ4n) is 3.55.